The first kappa shape index (κ1) is 28.3. The van der Waals surface area contributed by atoms with Crippen LogP contribution in [0.25, 0.3) is 10.2 Å². The third-order valence-electron chi connectivity index (χ3n) is 7.64. The highest BCUT2D eigenvalue weighted by atomic mass is 32.2. The van der Waals surface area contributed by atoms with Crippen LogP contribution < -0.4 is 4.90 Å². The Labute approximate surface area is 249 Å². The van der Waals surface area contributed by atoms with Crippen molar-refractivity contribution in [1.29, 1.82) is 0 Å². The smallest absolute Gasteiger partial charge is 0.260 e. The maximum atomic E-state index is 13.9. The summed E-state index contributed by atoms with van der Waals surface area (Å²) in [5, 5.41) is 0.642. The maximum absolute atomic E-state index is 13.9. The van der Waals surface area contributed by atoms with Gasteiger partial charge in [0.2, 0.25) is 10.0 Å². The van der Waals surface area contributed by atoms with Crippen LogP contribution in [0.4, 0.5) is 5.13 Å². The van der Waals surface area contributed by atoms with E-state index >= 15 is 0 Å². The summed E-state index contributed by atoms with van der Waals surface area (Å²) in [6, 6.07) is 20.4. The number of amides is 1. The first-order valence-electron chi connectivity index (χ1n) is 13.7. The number of nitrogens with zero attached hydrogens (tertiary/aromatic N) is 4. The number of sulfonamides is 1. The van der Waals surface area contributed by atoms with E-state index < -0.39 is 10.0 Å². The predicted octanol–water partition coefficient (Wildman–Crippen LogP) is 4.74. The quantitative estimate of drug-likeness (QED) is 0.267. The molecular weight excluding hydrogens is 577 g/mol. The van der Waals surface area contributed by atoms with Crippen molar-refractivity contribution >= 4 is 54.4 Å². The Kier molecular flexibility index (Phi) is 8.43. The number of aromatic nitrogens is 1. The van der Waals surface area contributed by atoms with Crippen LogP contribution in [0.1, 0.15) is 21.5 Å². The molecule has 214 valence electrons. The van der Waals surface area contributed by atoms with Crippen LogP contribution in [0.2, 0.25) is 0 Å². The molecule has 2 aliphatic heterocycles. The SMILES string of the molecule is CSc1cccc2sc(N(CCN3CCOCC3)C(=O)c3ccc(S(=O)(=O)N4CCc5ccccc5C4)cc3)nc12. The standard InChI is InChI=1S/C30H32N4O4S3/c1-39-26-7-4-8-27-28(26)31-30(40-27)34(16-15-32-17-19-38-20-18-32)29(35)23-9-11-25(12-10-23)41(36,37)33-14-13-22-5-2-3-6-24(22)21-33/h2-12H,13-21H2,1H3. The molecule has 1 aromatic heterocycles. The first-order chi connectivity index (χ1) is 19.9. The Bertz CT molecular complexity index is 1650. The first-order valence-corrected chi connectivity index (χ1v) is 17.1. The van der Waals surface area contributed by atoms with Crippen molar-refractivity contribution in [3.63, 3.8) is 0 Å². The number of fused-ring (bicyclic) bond motifs is 2. The molecule has 0 saturated carbocycles. The van der Waals surface area contributed by atoms with E-state index in [1.807, 2.05) is 42.7 Å². The largest absolute Gasteiger partial charge is 0.379 e. The van der Waals surface area contributed by atoms with Gasteiger partial charge in [-0.05, 0) is 60.2 Å². The van der Waals surface area contributed by atoms with E-state index in [0.29, 0.717) is 56.5 Å². The Balaban J connectivity index is 1.25. The van der Waals surface area contributed by atoms with Gasteiger partial charge >= 0.3 is 0 Å². The van der Waals surface area contributed by atoms with Gasteiger partial charge < -0.3 is 4.74 Å². The summed E-state index contributed by atoms with van der Waals surface area (Å²) in [5.74, 6) is -0.195. The lowest BCUT2D eigenvalue weighted by molar-refractivity contribution is 0.0391. The zero-order valence-corrected chi connectivity index (χ0v) is 25.3. The van der Waals surface area contributed by atoms with E-state index in [1.54, 1.807) is 40.9 Å². The van der Waals surface area contributed by atoms with Gasteiger partial charge in [0.25, 0.3) is 5.91 Å². The Hall–Kier alpha value is -2.80. The third kappa shape index (κ3) is 5.93. The second-order valence-corrected chi connectivity index (χ2v) is 13.9. The third-order valence-corrected chi connectivity index (χ3v) is 11.3. The van der Waals surface area contributed by atoms with E-state index in [2.05, 4.69) is 11.0 Å². The molecular formula is C30H32N4O4S3. The summed E-state index contributed by atoms with van der Waals surface area (Å²) >= 11 is 3.13. The topological polar surface area (TPSA) is 83.0 Å². The van der Waals surface area contributed by atoms with Crippen molar-refractivity contribution in [3.05, 3.63) is 83.4 Å². The number of anilines is 1. The zero-order valence-electron chi connectivity index (χ0n) is 22.9. The second kappa shape index (κ2) is 12.2. The molecule has 41 heavy (non-hydrogen) atoms. The molecule has 1 amide bonds. The van der Waals surface area contributed by atoms with E-state index in [1.165, 1.54) is 21.2 Å². The van der Waals surface area contributed by atoms with E-state index in [0.717, 1.165) is 33.8 Å². The van der Waals surface area contributed by atoms with Gasteiger partial charge in [0, 0.05) is 49.7 Å². The van der Waals surface area contributed by atoms with Gasteiger partial charge in [-0.3, -0.25) is 14.6 Å². The van der Waals surface area contributed by atoms with Gasteiger partial charge in [-0.25, -0.2) is 13.4 Å². The van der Waals surface area contributed by atoms with Crippen LogP contribution in [0.3, 0.4) is 0 Å². The Morgan fingerprint density at radius 2 is 1.76 bits per heavy atom. The fourth-order valence-electron chi connectivity index (χ4n) is 5.29. The average molecular weight is 609 g/mol. The molecule has 0 radical (unpaired) electrons. The van der Waals surface area contributed by atoms with E-state index in [9.17, 15) is 13.2 Å². The lowest BCUT2D eigenvalue weighted by Crippen LogP contribution is -2.43. The van der Waals surface area contributed by atoms with Crippen LogP contribution in [0.15, 0.2) is 76.5 Å². The highest BCUT2D eigenvalue weighted by Gasteiger charge is 2.29. The summed E-state index contributed by atoms with van der Waals surface area (Å²) < 4.78 is 35.0. The summed E-state index contributed by atoms with van der Waals surface area (Å²) in [4.78, 5) is 24.1. The monoisotopic (exact) mass is 608 g/mol. The Morgan fingerprint density at radius 1 is 1.00 bits per heavy atom. The van der Waals surface area contributed by atoms with Gasteiger partial charge in [-0.2, -0.15) is 4.31 Å². The van der Waals surface area contributed by atoms with Crippen molar-refractivity contribution in [2.45, 2.75) is 22.8 Å². The molecule has 3 heterocycles. The van der Waals surface area contributed by atoms with Crippen molar-refractivity contribution < 1.29 is 17.9 Å². The molecule has 0 aliphatic carbocycles. The molecule has 3 aromatic carbocycles. The average Bonchev–Trinajstić information content (AvgIpc) is 3.45. The number of hydrogen-bond acceptors (Lipinski definition) is 8. The predicted molar refractivity (Wildman–Crippen MR) is 165 cm³/mol. The van der Waals surface area contributed by atoms with Crippen LogP contribution in [0.5, 0.6) is 0 Å². The fraction of sp³-hybridized carbons (Fsp3) is 0.333. The van der Waals surface area contributed by atoms with Crippen molar-refractivity contribution in [1.82, 2.24) is 14.2 Å². The highest BCUT2D eigenvalue weighted by molar-refractivity contribution is 7.98. The van der Waals surface area contributed by atoms with Crippen molar-refractivity contribution in [2.24, 2.45) is 0 Å². The molecule has 1 fully saturated rings. The summed E-state index contributed by atoms with van der Waals surface area (Å²) in [6.07, 6.45) is 2.71. The Morgan fingerprint density at radius 3 is 2.51 bits per heavy atom. The summed E-state index contributed by atoms with van der Waals surface area (Å²) in [5.41, 5.74) is 3.55. The van der Waals surface area contributed by atoms with E-state index in [4.69, 9.17) is 9.72 Å². The molecule has 0 spiro atoms. The molecule has 1 saturated heterocycles. The molecule has 2 aliphatic rings. The minimum absolute atomic E-state index is 0.192. The number of para-hydroxylation sites is 1. The van der Waals surface area contributed by atoms with Gasteiger partial charge in [-0.15, -0.1) is 11.8 Å². The molecule has 4 aromatic rings. The van der Waals surface area contributed by atoms with Gasteiger partial charge in [-0.1, -0.05) is 41.7 Å². The van der Waals surface area contributed by atoms with Crippen LogP contribution in [0, 0.1) is 0 Å². The van der Waals surface area contributed by atoms with Gasteiger partial charge in [0.05, 0.1) is 28.3 Å². The number of rotatable bonds is 8. The molecule has 0 N–H and O–H groups in total. The van der Waals surface area contributed by atoms with Gasteiger partial charge in [0.15, 0.2) is 5.13 Å². The maximum Gasteiger partial charge on any atom is 0.260 e. The number of carbonyl (C=O) groups is 1. The lowest BCUT2D eigenvalue weighted by atomic mass is 10.0. The molecule has 0 bridgehead atoms. The summed E-state index contributed by atoms with van der Waals surface area (Å²) in [6.45, 7) is 4.98. The number of carbonyl (C=O) groups excluding carboxylic acids is 1. The van der Waals surface area contributed by atoms with Gasteiger partial charge in [0.1, 0.15) is 0 Å². The zero-order chi connectivity index (χ0) is 28.4. The number of ether oxygens (including phenoxy) is 1. The number of thioether (sulfide) groups is 1. The van der Waals surface area contributed by atoms with Crippen LogP contribution in [-0.2, 0) is 27.7 Å². The van der Waals surface area contributed by atoms with E-state index in [-0.39, 0.29) is 10.8 Å². The molecule has 0 unspecified atom stereocenters. The minimum Gasteiger partial charge on any atom is -0.379 e. The van der Waals surface area contributed by atoms with Crippen LogP contribution >= 0.6 is 23.1 Å². The fourth-order valence-corrected chi connectivity index (χ4v) is 8.36. The highest BCUT2D eigenvalue weighted by Crippen LogP contribution is 2.35. The molecule has 0 atom stereocenters. The number of benzene rings is 3. The lowest BCUT2D eigenvalue weighted by Gasteiger charge is -2.29. The van der Waals surface area contributed by atoms with Crippen molar-refractivity contribution in [3.8, 4) is 0 Å². The number of morpholine rings is 1. The molecule has 11 heteroatoms. The molecule has 6 rings (SSSR count). The molecule has 8 nitrogen and oxygen atoms in total. The minimum atomic E-state index is -3.69. The number of hydrogen-bond donors (Lipinski definition) is 0. The number of thiazole rings is 1. The van der Waals surface area contributed by atoms with Crippen LogP contribution in [-0.4, -0.2) is 80.7 Å². The second-order valence-electron chi connectivity index (χ2n) is 10.1. The van der Waals surface area contributed by atoms with Crippen molar-refractivity contribution in [2.75, 3.05) is 57.1 Å². The summed E-state index contributed by atoms with van der Waals surface area (Å²) in [7, 11) is -3.69. The normalized spacial score (nSPS) is 16.5.